The van der Waals surface area contributed by atoms with Crippen molar-refractivity contribution < 1.29 is 38.6 Å². The Balaban J connectivity index is 0.000000524. The van der Waals surface area contributed by atoms with Gasteiger partial charge in [0.25, 0.3) is 0 Å². The number of ether oxygens (including phenoxy) is 2. The van der Waals surface area contributed by atoms with E-state index in [1.165, 1.54) is 0 Å². The van der Waals surface area contributed by atoms with Gasteiger partial charge in [0.1, 0.15) is 11.5 Å². The van der Waals surface area contributed by atoms with E-state index in [1.807, 2.05) is 33.8 Å². The maximum absolute atomic E-state index is 12.4. The Bertz CT molecular complexity index is 1440. The zero-order valence-electron chi connectivity index (χ0n) is 32.2. The second-order valence-corrected chi connectivity index (χ2v) is 27.7. The molecule has 8 nitrogen and oxygen atoms in total. The van der Waals surface area contributed by atoms with Crippen LogP contribution in [-0.2, 0) is 31.6 Å². The van der Waals surface area contributed by atoms with Crippen LogP contribution in [0, 0.1) is 13.8 Å². The van der Waals surface area contributed by atoms with E-state index in [9.17, 15) is 19.8 Å². The number of aromatic hydroxyl groups is 2. The maximum Gasteiger partial charge on any atom is 0.457 e. The summed E-state index contributed by atoms with van der Waals surface area (Å²) in [7, 11) is -2.69. The fourth-order valence-corrected chi connectivity index (χ4v) is 6.50. The lowest BCUT2D eigenvalue weighted by Crippen LogP contribution is -2.41. The Morgan fingerprint density at radius 1 is 0.780 bits per heavy atom. The zero-order valence-corrected chi connectivity index (χ0v) is 34.2. The summed E-state index contributed by atoms with van der Waals surface area (Å²) in [5.41, 5.74) is 2.98. The lowest BCUT2D eigenvalue weighted by atomic mass is 9.81. The molecular formula is C39H65BO8Si2. The third kappa shape index (κ3) is 13.4. The Kier molecular flexibility index (Phi) is 16.8. The number of rotatable bonds is 14. The third-order valence-electron chi connectivity index (χ3n) is 9.19. The number of phenols is 2. The highest BCUT2D eigenvalue weighted by Crippen LogP contribution is 2.38. The molecule has 50 heavy (non-hydrogen) atoms. The normalized spacial score (nSPS) is 15.0. The number of esters is 2. The van der Waals surface area contributed by atoms with E-state index < -0.39 is 16.1 Å². The number of benzene rings is 2. The van der Waals surface area contributed by atoms with Crippen LogP contribution in [0.25, 0.3) is 0 Å². The van der Waals surface area contributed by atoms with Crippen LogP contribution in [-0.4, -0.2) is 69.8 Å². The molecule has 0 saturated carbocycles. The molecule has 280 valence electrons. The predicted molar refractivity (Wildman–Crippen MR) is 212 cm³/mol. The Hall–Kier alpha value is -2.86. The molecule has 0 aliphatic carbocycles. The Morgan fingerprint density at radius 3 is 1.58 bits per heavy atom. The van der Waals surface area contributed by atoms with Crippen molar-refractivity contribution in [1.82, 2.24) is 0 Å². The van der Waals surface area contributed by atoms with E-state index in [4.69, 9.17) is 18.8 Å². The van der Waals surface area contributed by atoms with E-state index in [-0.39, 0.29) is 49.2 Å². The number of aryl methyl sites for hydroxylation is 1. The van der Waals surface area contributed by atoms with E-state index in [1.54, 1.807) is 38.1 Å². The van der Waals surface area contributed by atoms with Crippen molar-refractivity contribution in [1.29, 1.82) is 0 Å². The number of allylic oxidation sites excluding steroid dienone is 1. The molecule has 1 fully saturated rings. The van der Waals surface area contributed by atoms with Gasteiger partial charge in [0.15, 0.2) is 0 Å². The smallest absolute Gasteiger partial charge is 0.457 e. The quantitative estimate of drug-likeness (QED) is 0.112. The number of hydrogen-bond acceptors (Lipinski definition) is 8. The molecule has 0 atom stereocenters. The van der Waals surface area contributed by atoms with Crippen LogP contribution in [0.15, 0.2) is 36.9 Å². The molecule has 2 N–H and O–H groups in total. The summed E-state index contributed by atoms with van der Waals surface area (Å²) in [5, 5.41) is 20.6. The number of phenolic OH excluding ortho intramolecular Hbond substituents is 2. The fourth-order valence-electron chi connectivity index (χ4n) is 5.07. The molecular weight excluding hydrogens is 663 g/mol. The van der Waals surface area contributed by atoms with E-state index >= 15 is 0 Å². The standard InChI is InChI=1S/C22H37BO5Si.C16H24O3Si.CH4/c1-16-18(20(25)26-14-15-29(6,7)8)12-11-17(19(16)24)10-9-13-23-27-21(2,3)22(4,5)28-23;1-6-7-13-8-9-14(12(2)15(13)17)16(18)19-10-11-20(3,4)5;/h11-12,24H,9-10,13-15H2,1-8H3;6,8-9,17H,1,7,10-11H2,2-5H3;1H4. The Morgan fingerprint density at radius 2 is 1.18 bits per heavy atom. The first-order valence-corrected chi connectivity index (χ1v) is 24.8. The van der Waals surface area contributed by atoms with Crippen molar-refractivity contribution in [2.75, 3.05) is 13.2 Å². The average Bonchev–Trinajstić information content (AvgIpc) is 3.17. The van der Waals surface area contributed by atoms with Crippen LogP contribution in [0.4, 0.5) is 0 Å². The van der Waals surface area contributed by atoms with Crippen LogP contribution in [0.1, 0.15) is 84.5 Å². The molecule has 2 aromatic rings. The van der Waals surface area contributed by atoms with Crippen LogP contribution < -0.4 is 0 Å². The maximum atomic E-state index is 12.4. The minimum atomic E-state index is -1.25. The van der Waals surface area contributed by atoms with Gasteiger partial charge >= 0.3 is 19.1 Å². The number of carbonyl (C=O) groups excluding carboxylic acids is 2. The van der Waals surface area contributed by atoms with E-state index in [2.05, 4.69) is 45.9 Å². The first-order valence-electron chi connectivity index (χ1n) is 17.4. The summed E-state index contributed by atoms with van der Waals surface area (Å²) in [6, 6.07) is 8.92. The molecule has 0 unspecified atom stereocenters. The zero-order chi connectivity index (χ0) is 37.4. The highest BCUT2D eigenvalue weighted by molar-refractivity contribution is 6.76. The monoisotopic (exact) mass is 728 g/mol. The molecule has 0 radical (unpaired) electrons. The molecule has 1 aliphatic rings. The third-order valence-corrected chi connectivity index (χ3v) is 12.6. The molecule has 2 aromatic carbocycles. The molecule has 0 amide bonds. The highest BCUT2D eigenvalue weighted by Gasteiger charge is 2.50. The van der Waals surface area contributed by atoms with Gasteiger partial charge in [-0.3, -0.25) is 0 Å². The Labute approximate surface area is 305 Å². The largest absolute Gasteiger partial charge is 0.507 e. The lowest BCUT2D eigenvalue weighted by Gasteiger charge is -2.32. The van der Waals surface area contributed by atoms with Gasteiger partial charge in [-0.25, -0.2) is 9.59 Å². The van der Waals surface area contributed by atoms with Gasteiger partial charge < -0.3 is 29.0 Å². The SMILES string of the molecule is C.C=CCc1ccc(C(=O)OCC[Si](C)(C)C)c(C)c1O.Cc1c(C(=O)OCC[Si](C)(C)C)ccc(CCCB2OC(C)(C)C(C)(C)O2)c1O. The van der Waals surface area contributed by atoms with Crippen molar-refractivity contribution in [3.8, 4) is 11.5 Å². The van der Waals surface area contributed by atoms with Gasteiger partial charge in [-0.2, -0.15) is 0 Å². The van der Waals surface area contributed by atoms with Crippen molar-refractivity contribution in [3.05, 3.63) is 70.3 Å². The van der Waals surface area contributed by atoms with Gasteiger partial charge in [0, 0.05) is 27.3 Å². The molecule has 1 saturated heterocycles. The second kappa shape index (κ2) is 18.6. The van der Waals surface area contributed by atoms with Crippen LogP contribution in [0.5, 0.6) is 11.5 Å². The van der Waals surface area contributed by atoms with Gasteiger partial charge in [0.2, 0.25) is 0 Å². The van der Waals surface area contributed by atoms with Crippen LogP contribution in [0.2, 0.25) is 57.7 Å². The molecule has 0 bridgehead atoms. The van der Waals surface area contributed by atoms with Gasteiger partial charge in [0.05, 0.1) is 35.5 Å². The summed E-state index contributed by atoms with van der Waals surface area (Å²) in [6.07, 6.45) is 4.58. The molecule has 0 spiro atoms. The average molecular weight is 729 g/mol. The van der Waals surface area contributed by atoms with Gasteiger partial charge in [-0.05, 0) is 96.1 Å². The first-order chi connectivity index (χ1) is 22.5. The fraction of sp³-hybridized carbons (Fsp3) is 0.590. The molecule has 0 aromatic heterocycles. The summed E-state index contributed by atoms with van der Waals surface area (Å²) >= 11 is 0. The van der Waals surface area contributed by atoms with Crippen molar-refractivity contribution >= 4 is 35.2 Å². The van der Waals surface area contributed by atoms with Crippen LogP contribution in [0.3, 0.4) is 0 Å². The topological polar surface area (TPSA) is 112 Å². The van der Waals surface area contributed by atoms with E-state index in [0.717, 1.165) is 36.0 Å². The number of hydrogen-bond donors (Lipinski definition) is 2. The van der Waals surface area contributed by atoms with Crippen molar-refractivity contribution in [3.63, 3.8) is 0 Å². The minimum Gasteiger partial charge on any atom is -0.507 e. The molecule has 3 rings (SSSR count). The number of carbonyl (C=O) groups is 2. The summed E-state index contributed by atoms with van der Waals surface area (Å²) in [6.45, 7) is 29.7. The second-order valence-electron chi connectivity index (χ2n) is 16.5. The highest BCUT2D eigenvalue weighted by atomic mass is 28.3. The minimum absolute atomic E-state index is 0. The van der Waals surface area contributed by atoms with E-state index in [0.29, 0.717) is 48.3 Å². The van der Waals surface area contributed by atoms with Crippen molar-refractivity contribution in [2.24, 2.45) is 0 Å². The van der Waals surface area contributed by atoms with Crippen LogP contribution >= 0.6 is 0 Å². The molecule has 1 aliphatic heterocycles. The summed E-state index contributed by atoms with van der Waals surface area (Å²) in [5.74, 6) is -0.385. The summed E-state index contributed by atoms with van der Waals surface area (Å²) in [4.78, 5) is 24.4. The van der Waals surface area contributed by atoms with Gasteiger partial charge in [-0.1, -0.05) is 71.3 Å². The lowest BCUT2D eigenvalue weighted by molar-refractivity contribution is 0.00578. The first kappa shape index (κ1) is 45.2. The van der Waals surface area contributed by atoms with Gasteiger partial charge in [-0.15, -0.1) is 6.58 Å². The molecule has 11 heteroatoms. The van der Waals surface area contributed by atoms with Crippen molar-refractivity contribution in [2.45, 2.75) is 137 Å². The predicted octanol–water partition coefficient (Wildman–Crippen LogP) is 9.78. The molecule has 1 heterocycles. The summed E-state index contributed by atoms with van der Waals surface area (Å²) < 4.78 is 22.8.